The summed E-state index contributed by atoms with van der Waals surface area (Å²) in [5.74, 6) is -0.989. The summed E-state index contributed by atoms with van der Waals surface area (Å²) in [5, 5.41) is 11.0. The van der Waals surface area contributed by atoms with Crippen molar-refractivity contribution in [2.45, 2.75) is 71.7 Å². The van der Waals surface area contributed by atoms with Gasteiger partial charge in [-0.25, -0.2) is 0 Å². The summed E-state index contributed by atoms with van der Waals surface area (Å²) in [7, 11) is -3.44. The van der Waals surface area contributed by atoms with Crippen LogP contribution in [0.1, 0.15) is 39.7 Å². The highest BCUT2D eigenvalue weighted by molar-refractivity contribution is 7.53. The molecule has 0 bridgehead atoms. The predicted molar refractivity (Wildman–Crippen MR) is 122 cm³/mol. The molecule has 0 aliphatic carbocycles. The van der Waals surface area contributed by atoms with Gasteiger partial charge in [-0.3, -0.25) is 14.2 Å². The Hall–Kier alpha value is -2.17. The summed E-state index contributed by atoms with van der Waals surface area (Å²) in [5.41, 5.74) is 7.02. The molecule has 0 spiro atoms. The molecule has 0 amide bonds. The lowest BCUT2D eigenvalue weighted by molar-refractivity contribution is -0.280. The van der Waals surface area contributed by atoms with Gasteiger partial charge >= 0.3 is 19.5 Å². The first-order chi connectivity index (χ1) is 16.0. The predicted octanol–water partition coefficient (Wildman–Crippen LogP) is 2.56. The molecule has 0 unspecified atom stereocenters. The number of carbonyl (C=O) groups excluding carboxylic acids is 2. The van der Waals surface area contributed by atoms with Gasteiger partial charge in [-0.05, 0) is 51.0 Å². The minimum atomic E-state index is -3.44. The number of aryl methyl sites for hydroxylation is 1. The van der Waals surface area contributed by atoms with Crippen LogP contribution in [0.3, 0.4) is 0 Å². The van der Waals surface area contributed by atoms with E-state index in [0.717, 1.165) is 0 Å². The Bertz CT molecular complexity index is 884. The molecule has 1 aromatic rings. The van der Waals surface area contributed by atoms with Crippen molar-refractivity contribution in [1.82, 2.24) is 0 Å². The average molecular weight is 503 g/mol. The molecule has 192 valence electrons. The van der Waals surface area contributed by atoms with Gasteiger partial charge in [0.15, 0.2) is 6.10 Å². The van der Waals surface area contributed by atoms with E-state index in [0.29, 0.717) is 17.0 Å². The second-order valence-corrected chi connectivity index (χ2v) is 9.97. The van der Waals surface area contributed by atoms with Gasteiger partial charge in [0.05, 0.1) is 25.5 Å². The van der Waals surface area contributed by atoms with Gasteiger partial charge in [-0.2, -0.15) is 0 Å². The maximum atomic E-state index is 12.9. The van der Waals surface area contributed by atoms with Crippen LogP contribution in [0.15, 0.2) is 18.2 Å². The molecule has 1 aliphatic heterocycles. The first-order valence-corrected chi connectivity index (χ1v) is 12.8. The van der Waals surface area contributed by atoms with Gasteiger partial charge < -0.3 is 38.8 Å². The Balaban J connectivity index is 2.35. The molecule has 5 atom stereocenters. The van der Waals surface area contributed by atoms with E-state index in [1.165, 1.54) is 13.8 Å². The molecule has 2 rings (SSSR count). The summed E-state index contributed by atoms with van der Waals surface area (Å²) in [6.07, 6.45) is -6.24. The quantitative estimate of drug-likeness (QED) is 0.260. The number of benzene rings is 1. The molecule has 0 aromatic heterocycles. The molecular weight excluding hydrogens is 469 g/mol. The fraction of sp³-hybridized carbons (Fsp3) is 0.636. The Labute approximate surface area is 199 Å². The third-order valence-electron chi connectivity index (χ3n) is 5.00. The van der Waals surface area contributed by atoms with Crippen molar-refractivity contribution < 1.29 is 47.3 Å². The molecule has 1 heterocycles. The lowest BCUT2D eigenvalue weighted by Gasteiger charge is -2.43. The Morgan fingerprint density at radius 3 is 2.21 bits per heavy atom. The first-order valence-electron chi connectivity index (χ1n) is 11.1. The largest absolute Gasteiger partial charge is 0.460 e. The van der Waals surface area contributed by atoms with E-state index in [4.69, 9.17) is 33.7 Å². The van der Waals surface area contributed by atoms with E-state index in [-0.39, 0.29) is 25.8 Å². The maximum absolute atomic E-state index is 12.9. The third kappa shape index (κ3) is 7.68. The molecule has 11 nitrogen and oxygen atoms in total. The number of ether oxygens (including phenoxy) is 4. The van der Waals surface area contributed by atoms with Crippen molar-refractivity contribution in [2.24, 2.45) is 0 Å². The molecular formula is C22H34NO10P. The highest BCUT2D eigenvalue weighted by Gasteiger charge is 2.51. The Kier molecular flexibility index (Phi) is 10.3. The van der Waals surface area contributed by atoms with Gasteiger partial charge in [0.25, 0.3) is 0 Å². The third-order valence-corrected chi connectivity index (χ3v) is 7.11. The van der Waals surface area contributed by atoms with Crippen LogP contribution in [0.5, 0.6) is 5.75 Å². The lowest BCUT2D eigenvalue weighted by Crippen LogP contribution is -2.61. The Morgan fingerprint density at radius 1 is 1.09 bits per heavy atom. The highest BCUT2D eigenvalue weighted by atomic mass is 31.2. The van der Waals surface area contributed by atoms with E-state index in [9.17, 15) is 19.3 Å². The fourth-order valence-electron chi connectivity index (χ4n) is 3.64. The number of nitrogen functional groups attached to an aromatic ring is 1. The second-order valence-electron chi connectivity index (χ2n) is 7.78. The van der Waals surface area contributed by atoms with E-state index in [1.807, 2.05) is 0 Å². The zero-order valence-electron chi connectivity index (χ0n) is 20.1. The molecule has 3 N–H and O–H groups in total. The number of aliphatic hydroxyl groups is 1. The van der Waals surface area contributed by atoms with Crippen LogP contribution in [0.4, 0.5) is 5.69 Å². The highest BCUT2D eigenvalue weighted by Crippen LogP contribution is 2.49. The van der Waals surface area contributed by atoms with E-state index >= 15 is 0 Å². The smallest absolute Gasteiger partial charge is 0.330 e. The summed E-state index contributed by atoms with van der Waals surface area (Å²) >= 11 is 0. The van der Waals surface area contributed by atoms with Crippen LogP contribution < -0.4 is 10.5 Å². The summed E-state index contributed by atoms with van der Waals surface area (Å²) in [6.45, 7) is 7.85. The first kappa shape index (κ1) is 28.1. The lowest BCUT2D eigenvalue weighted by atomic mass is 9.96. The van der Waals surface area contributed by atoms with Gasteiger partial charge in [-0.1, -0.05) is 0 Å². The summed E-state index contributed by atoms with van der Waals surface area (Å²) in [4.78, 5) is 23.6. The summed E-state index contributed by atoms with van der Waals surface area (Å²) < 4.78 is 46.1. The average Bonchev–Trinajstić information content (AvgIpc) is 2.73. The standard InChI is InChI=1S/C22H34NO10P/c1-6-28-34(27,29-7-2)11-10-18-19(26)20(30-14(4)24)21(31-15(5)25)22(33-18)32-17-9-8-16(23)12-13(17)3/h8-9,12,18-22,26H,6-7,10-11,23H2,1-5H3/t18-,19-,20+,21+,22+/m1/s1. The zero-order valence-corrected chi connectivity index (χ0v) is 21.0. The summed E-state index contributed by atoms with van der Waals surface area (Å²) in [6, 6.07) is 4.94. The van der Waals surface area contributed by atoms with Gasteiger partial charge in [-0.15, -0.1) is 0 Å². The number of hydrogen-bond donors (Lipinski definition) is 2. The van der Waals surface area contributed by atoms with Crippen LogP contribution in [-0.4, -0.2) is 67.1 Å². The zero-order chi connectivity index (χ0) is 25.5. The molecule has 1 aromatic carbocycles. The number of rotatable bonds is 11. The van der Waals surface area contributed by atoms with Gasteiger partial charge in [0.2, 0.25) is 12.4 Å². The molecule has 0 radical (unpaired) electrons. The molecule has 1 fully saturated rings. The van der Waals surface area contributed by atoms with Crippen LogP contribution in [0.2, 0.25) is 0 Å². The fourth-order valence-corrected chi connectivity index (χ4v) is 5.33. The number of nitrogens with two attached hydrogens (primary N) is 1. The monoisotopic (exact) mass is 503 g/mol. The molecule has 12 heteroatoms. The van der Waals surface area contributed by atoms with E-state index in [1.54, 1.807) is 39.0 Å². The number of esters is 2. The van der Waals surface area contributed by atoms with Gasteiger partial charge in [0.1, 0.15) is 11.9 Å². The van der Waals surface area contributed by atoms with Crippen molar-refractivity contribution in [2.75, 3.05) is 25.1 Å². The number of anilines is 1. The van der Waals surface area contributed by atoms with Crippen LogP contribution in [-0.2, 0) is 37.4 Å². The molecule has 0 saturated carbocycles. The minimum absolute atomic E-state index is 0.0313. The van der Waals surface area contributed by atoms with E-state index in [2.05, 4.69) is 0 Å². The molecule has 34 heavy (non-hydrogen) atoms. The van der Waals surface area contributed by atoms with Crippen molar-refractivity contribution in [3.8, 4) is 5.75 Å². The van der Waals surface area contributed by atoms with Gasteiger partial charge in [0, 0.05) is 19.5 Å². The van der Waals surface area contributed by atoms with Crippen LogP contribution >= 0.6 is 7.60 Å². The van der Waals surface area contributed by atoms with Crippen molar-refractivity contribution in [1.29, 1.82) is 0 Å². The maximum Gasteiger partial charge on any atom is 0.330 e. The topological polar surface area (TPSA) is 153 Å². The molecule has 1 saturated heterocycles. The van der Waals surface area contributed by atoms with E-state index < -0.39 is 50.2 Å². The van der Waals surface area contributed by atoms with Crippen LogP contribution in [0.25, 0.3) is 0 Å². The minimum Gasteiger partial charge on any atom is -0.460 e. The number of hydrogen-bond acceptors (Lipinski definition) is 11. The number of carbonyl (C=O) groups is 2. The van der Waals surface area contributed by atoms with Crippen LogP contribution in [0, 0.1) is 6.92 Å². The SMILES string of the molecule is CCOP(=O)(CC[C@H]1O[C@H](Oc2ccc(N)cc2C)[C@@H](OC(C)=O)[C@@H](OC(C)=O)[C@@H]1O)OCC. The Morgan fingerprint density at radius 2 is 1.68 bits per heavy atom. The number of aliphatic hydroxyl groups excluding tert-OH is 1. The van der Waals surface area contributed by atoms with Crippen molar-refractivity contribution in [3.05, 3.63) is 23.8 Å². The normalized spacial score (nSPS) is 24.9. The van der Waals surface area contributed by atoms with Crippen molar-refractivity contribution >= 4 is 25.2 Å². The molecule has 1 aliphatic rings. The second kappa shape index (κ2) is 12.5. The van der Waals surface area contributed by atoms with Crippen molar-refractivity contribution in [3.63, 3.8) is 0 Å².